The van der Waals surface area contributed by atoms with E-state index in [0.29, 0.717) is 10.9 Å². The van der Waals surface area contributed by atoms with E-state index in [1.165, 1.54) is 12.1 Å². The maximum absolute atomic E-state index is 15.6. The number of benzene rings is 7. The van der Waals surface area contributed by atoms with Crippen molar-refractivity contribution in [1.82, 2.24) is 0 Å². The fourth-order valence-corrected chi connectivity index (χ4v) is 5.33. The van der Waals surface area contributed by atoms with E-state index >= 15 is 8.78 Å². The Morgan fingerprint density at radius 1 is 0.406 bits per heavy atom. The van der Waals surface area contributed by atoms with Gasteiger partial charge < -0.3 is 0 Å². The lowest BCUT2D eigenvalue weighted by molar-refractivity contribution is 0.633. The quantitative estimate of drug-likeness (QED) is 0.235. The van der Waals surface area contributed by atoms with Gasteiger partial charge in [0.2, 0.25) is 0 Å². The molecule has 0 saturated carbocycles. The second kappa shape index (κ2) is 6.24. The highest BCUT2D eigenvalue weighted by atomic mass is 19.1. The first-order valence-electron chi connectivity index (χ1n) is 10.7. The molecular formula is C30H16F2. The van der Waals surface area contributed by atoms with Gasteiger partial charge >= 0.3 is 0 Å². The van der Waals surface area contributed by atoms with Crippen LogP contribution in [0, 0.1) is 11.6 Å². The summed E-state index contributed by atoms with van der Waals surface area (Å²) in [4.78, 5) is 0. The van der Waals surface area contributed by atoms with Crippen molar-refractivity contribution in [3.63, 3.8) is 0 Å². The van der Waals surface area contributed by atoms with Gasteiger partial charge in [-0.3, -0.25) is 0 Å². The molecule has 0 N–H and O–H groups in total. The molecule has 7 aromatic rings. The van der Waals surface area contributed by atoms with E-state index in [9.17, 15) is 0 Å². The average molecular weight is 414 g/mol. The third-order valence-electron chi connectivity index (χ3n) is 6.72. The monoisotopic (exact) mass is 414 g/mol. The average Bonchev–Trinajstić information content (AvgIpc) is 2.83. The van der Waals surface area contributed by atoms with Crippen molar-refractivity contribution < 1.29 is 8.78 Å². The Morgan fingerprint density at radius 3 is 1.81 bits per heavy atom. The van der Waals surface area contributed by atoms with Gasteiger partial charge in [-0.2, -0.15) is 0 Å². The largest absolute Gasteiger partial charge is 0.206 e. The Hall–Kier alpha value is -4.04. The van der Waals surface area contributed by atoms with Gasteiger partial charge in [0, 0.05) is 21.7 Å². The van der Waals surface area contributed by atoms with Crippen molar-refractivity contribution in [2.24, 2.45) is 0 Å². The van der Waals surface area contributed by atoms with Gasteiger partial charge in [-0.1, -0.05) is 78.9 Å². The minimum Gasteiger partial charge on any atom is -0.206 e. The van der Waals surface area contributed by atoms with Gasteiger partial charge in [-0.15, -0.1) is 0 Å². The summed E-state index contributed by atoms with van der Waals surface area (Å²) in [5.74, 6) is -0.591. The molecule has 0 saturated heterocycles. The Morgan fingerprint density at radius 2 is 0.969 bits per heavy atom. The minimum atomic E-state index is -0.302. The maximum atomic E-state index is 15.6. The Bertz CT molecular complexity index is 1850. The Balaban J connectivity index is 1.77. The molecule has 0 aliphatic heterocycles. The molecule has 0 amide bonds. The van der Waals surface area contributed by atoms with Crippen LogP contribution in [0.25, 0.3) is 65.0 Å². The van der Waals surface area contributed by atoms with Crippen molar-refractivity contribution in [3.8, 4) is 11.1 Å². The van der Waals surface area contributed by atoms with Crippen LogP contribution in [0.2, 0.25) is 0 Å². The van der Waals surface area contributed by atoms with Crippen LogP contribution >= 0.6 is 0 Å². The first kappa shape index (κ1) is 17.6. The maximum Gasteiger partial charge on any atom is 0.131 e. The Kier molecular flexibility index (Phi) is 3.44. The molecule has 2 heteroatoms. The van der Waals surface area contributed by atoms with Crippen molar-refractivity contribution in [2.45, 2.75) is 0 Å². The SMILES string of the molecule is Fc1ccc2ccc3ccccc3c2c1-c1cc2c(F)ccc3ccc4cccc1c4c32. The van der Waals surface area contributed by atoms with Crippen LogP contribution in [0.1, 0.15) is 0 Å². The standard InChI is InChI=1S/C30H16F2/c31-25-14-12-20-11-10-18-5-3-7-22-23(16-24(25)29(20)28(18)22)30-26(32)15-13-19-9-8-17-4-1-2-6-21(17)27(19)30/h1-16H. The van der Waals surface area contributed by atoms with Crippen LogP contribution < -0.4 is 0 Å². The third-order valence-corrected chi connectivity index (χ3v) is 6.72. The van der Waals surface area contributed by atoms with E-state index in [0.717, 1.165) is 54.0 Å². The molecule has 0 atom stereocenters. The molecule has 0 bridgehead atoms. The highest BCUT2D eigenvalue weighted by Gasteiger charge is 2.19. The highest BCUT2D eigenvalue weighted by Crippen LogP contribution is 2.44. The van der Waals surface area contributed by atoms with Crippen molar-refractivity contribution in [2.75, 3.05) is 0 Å². The topological polar surface area (TPSA) is 0 Å². The van der Waals surface area contributed by atoms with E-state index in [2.05, 4.69) is 12.1 Å². The first-order chi connectivity index (χ1) is 15.7. The van der Waals surface area contributed by atoms with Gasteiger partial charge in [0.1, 0.15) is 11.6 Å². The van der Waals surface area contributed by atoms with Crippen LogP contribution in [-0.4, -0.2) is 0 Å². The van der Waals surface area contributed by atoms with E-state index in [-0.39, 0.29) is 11.6 Å². The fraction of sp³-hybridized carbons (Fsp3) is 0. The molecule has 0 heterocycles. The highest BCUT2D eigenvalue weighted by molar-refractivity contribution is 6.28. The van der Waals surface area contributed by atoms with Crippen LogP contribution in [0.4, 0.5) is 8.78 Å². The van der Waals surface area contributed by atoms with Crippen LogP contribution in [0.5, 0.6) is 0 Å². The smallest absolute Gasteiger partial charge is 0.131 e. The molecule has 0 aromatic heterocycles. The van der Waals surface area contributed by atoms with Crippen LogP contribution in [-0.2, 0) is 0 Å². The van der Waals surface area contributed by atoms with Gasteiger partial charge in [0.05, 0.1) is 0 Å². The molecule has 0 aliphatic carbocycles. The number of rotatable bonds is 1. The van der Waals surface area contributed by atoms with E-state index in [1.54, 1.807) is 0 Å². The van der Waals surface area contributed by atoms with Crippen molar-refractivity contribution in [1.29, 1.82) is 0 Å². The zero-order valence-corrected chi connectivity index (χ0v) is 17.0. The molecule has 0 spiro atoms. The zero-order chi connectivity index (χ0) is 21.4. The van der Waals surface area contributed by atoms with Crippen LogP contribution in [0.3, 0.4) is 0 Å². The second-order valence-corrected chi connectivity index (χ2v) is 8.39. The molecule has 32 heavy (non-hydrogen) atoms. The summed E-state index contributed by atoms with van der Waals surface area (Å²) < 4.78 is 30.7. The lowest BCUT2D eigenvalue weighted by Gasteiger charge is -2.18. The number of hydrogen-bond acceptors (Lipinski definition) is 0. The number of fused-ring (bicyclic) bond motifs is 3. The molecule has 150 valence electrons. The lowest BCUT2D eigenvalue weighted by atomic mass is 9.86. The van der Waals surface area contributed by atoms with Gasteiger partial charge in [0.25, 0.3) is 0 Å². The summed E-state index contributed by atoms with van der Waals surface area (Å²) in [7, 11) is 0. The van der Waals surface area contributed by atoms with E-state index < -0.39 is 0 Å². The van der Waals surface area contributed by atoms with E-state index in [4.69, 9.17) is 0 Å². The number of halogens is 2. The van der Waals surface area contributed by atoms with E-state index in [1.807, 2.05) is 72.8 Å². The van der Waals surface area contributed by atoms with Gasteiger partial charge in [0.15, 0.2) is 0 Å². The van der Waals surface area contributed by atoms with Gasteiger partial charge in [-0.25, -0.2) is 8.78 Å². The summed E-state index contributed by atoms with van der Waals surface area (Å²) in [6.45, 7) is 0. The molecule has 0 unspecified atom stereocenters. The summed E-state index contributed by atoms with van der Waals surface area (Å²) >= 11 is 0. The molecule has 0 nitrogen and oxygen atoms in total. The molecule has 0 radical (unpaired) electrons. The van der Waals surface area contributed by atoms with Crippen molar-refractivity contribution >= 4 is 53.9 Å². The molecule has 7 rings (SSSR count). The lowest BCUT2D eigenvalue weighted by Crippen LogP contribution is -1.93. The molecule has 0 fully saturated rings. The molecular weight excluding hydrogens is 398 g/mol. The predicted octanol–water partition coefficient (Wildman–Crippen LogP) is 8.84. The molecule has 0 aliphatic rings. The second-order valence-electron chi connectivity index (χ2n) is 8.39. The summed E-state index contributed by atoms with van der Waals surface area (Å²) in [6.07, 6.45) is 0. The Labute approximate surface area is 182 Å². The van der Waals surface area contributed by atoms with Crippen molar-refractivity contribution in [3.05, 3.63) is 109 Å². The van der Waals surface area contributed by atoms with Gasteiger partial charge in [-0.05, 0) is 61.5 Å². The summed E-state index contributed by atoms with van der Waals surface area (Å²) in [6, 6.07) is 30.7. The van der Waals surface area contributed by atoms with Crippen LogP contribution in [0.15, 0.2) is 97.1 Å². The fourth-order valence-electron chi connectivity index (χ4n) is 5.33. The number of hydrogen-bond donors (Lipinski definition) is 0. The first-order valence-corrected chi connectivity index (χ1v) is 10.7. The minimum absolute atomic E-state index is 0.289. The molecule has 7 aromatic carbocycles. The third kappa shape index (κ3) is 2.24. The summed E-state index contributed by atoms with van der Waals surface area (Å²) in [5.41, 5.74) is 1.25. The summed E-state index contributed by atoms with van der Waals surface area (Å²) in [5, 5.41) is 9.22. The predicted molar refractivity (Wildman–Crippen MR) is 131 cm³/mol. The zero-order valence-electron chi connectivity index (χ0n) is 17.0. The normalized spacial score (nSPS) is 12.1.